The predicted octanol–water partition coefficient (Wildman–Crippen LogP) is 3.74. The zero-order chi connectivity index (χ0) is 13.9. The summed E-state index contributed by atoms with van der Waals surface area (Å²) in [5, 5.41) is 3.76. The molecular weight excluding hydrogens is 244 g/mol. The Morgan fingerprint density at radius 3 is 2.40 bits per heavy atom. The van der Waals surface area contributed by atoms with E-state index in [-0.39, 0.29) is 0 Å². The van der Waals surface area contributed by atoms with Crippen LogP contribution in [-0.4, -0.2) is 30.1 Å². The van der Waals surface area contributed by atoms with E-state index < -0.39 is 0 Å². The number of nitrogens with zero attached hydrogens (tertiary/aromatic N) is 1. The van der Waals surface area contributed by atoms with Gasteiger partial charge in [0.1, 0.15) is 0 Å². The Morgan fingerprint density at radius 1 is 1.15 bits per heavy atom. The number of hydrogen-bond donors (Lipinski definition) is 1. The quantitative estimate of drug-likeness (QED) is 0.878. The van der Waals surface area contributed by atoms with Crippen LogP contribution in [0, 0.1) is 0 Å². The maximum atomic E-state index is 3.76. The second-order valence-electron chi connectivity index (χ2n) is 6.64. The summed E-state index contributed by atoms with van der Waals surface area (Å²) in [7, 11) is 2.35. The van der Waals surface area contributed by atoms with E-state index in [9.17, 15) is 0 Å². The molecule has 0 amide bonds. The molecule has 2 saturated heterocycles. The van der Waals surface area contributed by atoms with E-state index in [1.54, 1.807) is 0 Å². The molecule has 1 N–H and O–H groups in total. The average Bonchev–Trinajstić information content (AvgIpc) is 2.83. The average molecular weight is 272 g/mol. The lowest BCUT2D eigenvalue weighted by atomic mass is 9.93. The molecule has 2 aliphatic rings. The molecule has 0 spiro atoms. The summed E-state index contributed by atoms with van der Waals surface area (Å²) in [4.78, 5) is 2.67. The first-order valence-electron chi connectivity index (χ1n) is 8.31. The van der Waals surface area contributed by atoms with Crippen LogP contribution in [-0.2, 0) is 0 Å². The van der Waals surface area contributed by atoms with Crippen molar-refractivity contribution in [2.45, 2.75) is 69.6 Å². The highest BCUT2D eigenvalue weighted by molar-refractivity contribution is 5.19. The van der Waals surface area contributed by atoms with Gasteiger partial charge in [0.25, 0.3) is 0 Å². The van der Waals surface area contributed by atoms with Crippen molar-refractivity contribution < 1.29 is 0 Å². The molecule has 2 heteroatoms. The van der Waals surface area contributed by atoms with Crippen LogP contribution in [0.25, 0.3) is 0 Å². The second kappa shape index (κ2) is 6.28. The number of nitrogens with one attached hydrogen (secondary N) is 1. The number of fused-ring (bicyclic) bond motifs is 2. The molecule has 1 aromatic carbocycles. The maximum absolute atomic E-state index is 3.76. The molecule has 20 heavy (non-hydrogen) atoms. The number of piperidine rings is 1. The first kappa shape index (κ1) is 14.1. The van der Waals surface area contributed by atoms with Gasteiger partial charge in [-0.15, -0.1) is 0 Å². The van der Waals surface area contributed by atoms with Crippen LogP contribution in [0.4, 0.5) is 0 Å². The monoisotopic (exact) mass is 272 g/mol. The third kappa shape index (κ3) is 2.91. The molecule has 3 unspecified atom stereocenters. The highest BCUT2D eigenvalue weighted by Crippen LogP contribution is 2.34. The Balaban J connectivity index is 1.74. The van der Waals surface area contributed by atoms with Crippen molar-refractivity contribution in [3.8, 4) is 0 Å². The Morgan fingerprint density at radius 2 is 1.80 bits per heavy atom. The van der Waals surface area contributed by atoms with Crippen LogP contribution in [0.1, 0.15) is 57.1 Å². The molecule has 0 saturated carbocycles. The smallest absolute Gasteiger partial charge is 0.0347 e. The molecule has 1 aromatic rings. The van der Waals surface area contributed by atoms with Crippen molar-refractivity contribution in [2.24, 2.45) is 0 Å². The molecular formula is C18H28N2. The summed E-state index contributed by atoms with van der Waals surface area (Å²) >= 11 is 0. The molecule has 0 aromatic heterocycles. The van der Waals surface area contributed by atoms with Gasteiger partial charge in [-0.05, 0) is 44.7 Å². The minimum Gasteiger partial charge on any atom is -0.311 e. The van der Waals surface area contributed by atoms with E-state index in [1.165, 1.54) is 44.1 Å². The Kier molecular flexibility index (Phi) is 4.42. The highest BCUT2D eigenvalue weighted by atomic mass is 15.2. The normalized spacial score (nSPS) is 30.6. The van der Waals surface area contributed by atoms with Gasteiger partial charge in [-0.1, -0.05) is 43.7 Å². The van der Waals surface area contributed by atoms with Crippen molar-refractivity contribution in [2.75, 3.05) is 7.05 Å². The van der Waals surface area contributed by atoms with E-state index in [0.29, 0.717) is 6.04 Å². The van der Waals surface area contributed by atoms with E-state index >= 15 is 0 Å². The van der Waals surface area contributed by atoms with Gasteiger partial charge in [0.05, 0.1) is 0 Å². The van der Waals surface area contributed by atoms with Crippen molar-refractivity contribution in [3.05, 3.63) is 35.9 Å². The predicted molar refractivity (Wildman–Crippen MR) is 84.8 cm³/mol. The summed E-state index contributed by atoms with van der Waals surface area (Å²) < 4.78 is 0. The topological polar surface area (TPSA) is 15.3 Å². The Labute approximate surface area is 123 Å². The highest BCUT2D eigenvalue weighted by Gasteiger charge is 2.36. The lowest BCUT2D eigenvalue weighted by Gasteiger charge is -2.40. The molecule has 2 heterocycles. The summed E-state index contributed by atoms with van der Waals surface area (Å²) in [5.74, 6) is 0. The first-order valence-corrected chi connectivity index (χ1v) is 8.31. The summed E-state index contributed by atoms with van der Waals surface area (Å²) in [6.45, 7) is 2.30. The third-order valence-electron chi connectivity index (χ3n) is 5.26. The maximum Gasteiger partial charge on any atom is 0.0347 e. The van der Waals surface area contributed by atoms with Crippen molar-refractivity contribution >= 4 is 0 Å². The number of rotatable bonds is 5. The summed E-state index contributed by atoms with van der Waals surface area (Å²) in [6, 6.07) is 14.0. The fraction of sp³-hybridized carbons (Fsp3) is 0.667. The first-order chi connectivity index (χ1) is 9.78. The molecule has 0 radical (unpaired) electrons. The van der Waals surface area contributed by atoms with Gasteiger partial charge < -0.3 is 5.32 Å². The fourth-order valence-corrected chi connectivity index (χ4v) is 4.17. The molecule has 2 fully saturated rings. The number of benzene rings is 1. The lowest BCUT2D eigenvalue weighted by Crippen LogP contribution is -2.47. The van der Waals surface area contributed by atoms with Crippen LogP contribution in [0.5, 0.6) is 0 Å². The largest absolute Gasteiger partial charge is 0.311 e. The zero-order valence-corrected chi connectivity index (χ0v) is 12.9. The summed E-state index contributed by atoms with van der Waals surface area (Å²) in [5.41, 5.74) is 1.49. The molecule has 2 aliphatic heterocycles. The van der Waals surface area contributed by atoms with E-state index in [2.05, 4.69) is 54.5 Å². The zero-order valence-electron chi connectivity index (χ0n) is 12.9. The Bertz CT molecular complexity index is 405. The van der Waals surface area contributed by atoms with Gasteiger partial charge in [-0.3, -0.25) is 4.90 Å². The van der Waals surface area contributed by atoms with Crippen LogP contribution in [0.2, 0.25) is 0 Å². The minimum absolute atomic E-state index is 0.587. The van der Waals surface area contributed by atoms with E-state index in [4.69, 9.17) is 0 Å². The van der Waals surface area contributed by atoms with Crippen LogP contribution in [0.3, 0.4) is 0 Å². The van der Waals surface area contributed by atoms with Gasteiger partial charge in [0.15, 0.2) is 0 Å². The molecule has 3 atom stereocenters. The Hall–Kier alpha value is -0.860. The van der Waals surface area contributed by atoms with Gasteiger partial charge in [-0.25, -0.2) is 0 Å². The molecule has 2 nitrogen and oxygen atoms in total. The van der Waals surface area contributed by atoms with Crippen molar-refractivity contribution in [1.82, 2.24) is 10.2 Å². The van der Waals surface area contributed by atoms with Gasteiger partial charge >= 0.3 is 0 Å². The van der Waals surface area contributed by atoms with Crippen molar-refractivity contribution in [1.29, 1.82) is 0 Å². The van der Waals surface area contributed by atoms with E-state index in [1.807, 2.05) is 0 Å². The third-order valence-corrected chi connectivity index (χ3v) is 5.26. The minimum atomic E-state index is 0.587. The fourth-order valence-electron chi connectivity index (χ4n) is 4.17. The van der Waals surface area contributed by atoms with Gasteiger partial charge in [0, 0.05) is 24.2 Å². The lowest BCUT2D eigenvalue weighted by molar-refractivity contribution is 0.118. The van der Waals surface area contributed by atoms with Gasteiger partial charge in [0.2, 0.25) is 0 Å². The van der Waals surface area contributed by atoms with Crippen molar-refractivity contribution in [3.63, 3.8) is 0 Å². The molecule has 2 bridgehead atoms. The molecule has 0 aliphatic carbocycles. The van der Waals surface area contributed by atoms with E-state index in [0.717, 1.165) is 18.1 Å². The molecule has 110 valence electrons. The second-order valence-corrected chi connectivity index (χ2v) is 6.64. The SMILES string of the molecule is CCCC(c1ccccc1)N(C)C1CC2CCC(C1)N2. The van der Waals surface area contributed by atoms with Crippen LogP contribution >= 0.6 is 0 Å². The van der Waals surface area contributed by atoms with Gasteiger partial charge in [-0.2, -0.15) is 0 Å². The molecule has 3 rings (SSSR count). The number of hydrogen-bond acceptors (Lipinski definition) is 2. The van der Waals surface area contributed by atoms with Crippen LogP contribution < -0.4 is 5.32 Å². The standard InChI is InChI=1S/C18H28N2/c1-3-7-18(14-8-5-4-6-9-14)20(2)17-12-15-10-11-16(13-17)19-15/h4-6,8-9,15-19H,3,7,10-13H2,1-2H3. The van der Waals surface area contributed by atoms with Crippen LogP contribution in [0.15, 0.2) is 30.3 Å². The summed E-state index contributed by atoms with van der Waals surface area (Å²) in [6.07, 6.45) is 7.96.